The second-order valence-corrected chi connectivity index (χ2v) is 8.59. The summed E-state index contributed by atoms with van der Waals surface area (Å²) in [4.78, 5) is 13.3. The van der Waals surface area contributed by atoms with Gasteiger partial charge in [0.1, 0.15) is 17.2 Å². The summed E-state index contributed by atoms with van der Waals surface area (Å²) in [6.45, 7) is 2.20. The largest absolute Gasteiger partial charge is 0.383 e. The zero-order chi connectivity index (χ0) is 16.7. The van der Waals surface area contributed by atoms with Crippen LogP contribution in [0.25, 0.3) is 10.2 Å². The Morgan fingerprint density at radius 3 is 2.88 bits per heavy atom. The molecule has 1 aliphatic rings. The monoisotopic (exact) mass is 377 g/mol. The average molecular weight is 378 g/mol. The number of quaternary nitrogens is 1. The van der Waals surface area contributed by atoms with E-state index in [1.165, 1.54) is 20.9 Å². The van der Waals surface area contributed by atoms with Gasteiger partial charge < -0.3 is 10.6 Å². The van der Waals surface area contributed by atoms with Crippen LogP contribution in [-0.2, 0) is 18.7 Å². The van der Waals surface area contributed by atoms with E-state index in [1.54, 1.807) is 23.1 Å². The normalized spacial score (nSPS) is 17.2. The van der Waals surface area contributed by atoms with E-state index in [2.05, 4.69) is 12.0 Å². The van der Waals surface area contributed by atoms with Crippen LogP contribution in [-0.4, -0.2) is 23.6 Å². The number of hydrogen-bond acceptors (Lipinski definition) is 5. The molecule has 4 nitrogen and oxygen atoms in total. The standard InChI is InChI=1S/C17H17ClN4S2/c1-22-7-6-12-13(8-22)24-16-14(12)15(19)20-17(21-16)23-9-10-2-4-11(18)5-3-10/h2-5H,6-9H2,1H3,(H2,19,20,21)/p+1. The highest BCUT2D eigenvalue weighted by atomic mass is 35.5. The van der Waals surface area contributed by atoms with Crippen molar-refractivity contribution in [1.82, 2.24) is 9.97 Å². The number of halogens is 1. The molecule has 124 valence electrons. The molecule has 1 aliphatic heterocycles. The molecule has 1 atom stereocenters. The number of benzene rings is 1. The minimum Gasteiger partial charge on any atom is -0.383 e. The Hall–Kier alpha value is -1.34. The predicted octanol–water partition coefficient (Wildman–Crippen LogP) is 2.79. The number of nitrogens with two attached hydrogens (primary N) is 1. The number of aromatic nitrogens is 2. The van der Waals surface area contributed by atoms with Crippen LogP contribution in [0.1, 0.15) is 16.0 Å². The number of thioether (sulfide) groups is 1. The number of nitrogen functional groups attached to an aromatic ring is 1. The van der Waals surface area contributed by atoms with E-state index in [9.17, 15) is 0 Å². The Morgan fingerprint density at radius 1 is 1.29 bits per heavy atom. The van der Waals surface area contributed by atoms with Crippen molar-refractivity contribution in [2.45, 2.75) is 23.9 Å². The van der Waals surface area contributed by atoms with Crippen molar-refractivity contribution in [2.24, 2.45) is 0 Å². The van der Waals surface area contributed by atoms with Crippen LogP contribution in [0.15, 0.2) is 29.4 Å². The lowest BCUT2D eigenvalue weighted by atomic mass is 10.1. The maximum Gasteiger partial charge on any atom is 0.191 e. The van der Waals surface area contributed by atoms with Gasteiger partial charge in [0.25, 0.3) is 0 Å². The smallest absolute Gasteiger partial charge is 0.191 e. The fourth-order valence-corrected chi connectivity index (χ4v) is 5.34. The summed E-state index contributed by atoms with van der Waals surface area (Å²) in [7, 11) is 2.23. The molecule has 0 saturated heterocycles. The Morgan fingerprint density at radius 2 is 2.08 bits per heavy atom. The summed E-state index contributed by atoms with van der Waals surface area (Å²) >= 11 is 9.31. The van der Waals surface area contributed by atoms with E-state index < -0.39 is 0 Å². The van der Waals surface area contributed by atoms with Gasteiger partial charge in [0, 0.05) is 17.2 Å². The van der Waals surface area contributed by atoms with E-state index in [0.29, 0.717) is 5.82 Å². The van der Waals surface area contributed by atoms with Crippen molar-refractivity contribution >= 4 is 50.7 Å². The molecule has 3 N–H and O–H groups in total. The highest BCUT2D eigenvalue weighted by Crippen LogP contribution is 2.35. The molecule has 3 heterocycles. The van der Waals surface area contributed by atoms with Gasteiger partial charge in [0.15, 0.2) is 5.16 Å². The second kappa shape index (κ2) is 6.52. The summed E-state index contributed by atoms with van der Waals surface area (Å²) in [5.41, 5.74) is 8.83. The summed E-state index contributed by atoms with van der Waals surface area (Å²) in [6, 6.07) is 7.86. The van der Waals surface area contributed by atoms with E-state index in [4.69, 9.17) is 22.3 Å². The van der Waals surface area contributed by atoms with Crippen molar-refractivity contribution in [3.05, 3.63) is 45.3 Å². The summed E-state index contributed by atoms with van der Waals surface area (Å²) in [6.07, 6.45) is 1.06. The molecule has 2 aromatic heterocycles. The number of rotatable bonds is 3. The van der Waals surface area contributed by atoms with Crippen LogP contribution >= 0.6 is 34.7 Å². The van der Waals surface area contributed by atoms with Crippen LogP contribution in [0, 0.1) is 0 Å². The van der Waals surface area contributed by atoms with Crippen molar-refractivity contribution in [3.8, 4) is 0 Å². The lowest BCUT2D eigenvalue weighted by molar-refractivity contribution is -0.895. The number of anilines is 1. The third-order valence-corrected chi connectivity index (χ3v) is 6.58. The molecule has 0 spiro atoms. The predicted molar refractivity (Wildman–Crippen MR) is 102 cm³/mol. The SMILES string of the molecule is C[NH+]1CCc2c(sc3nc(SCc4ccc(Cl)cc4)nc(N)c23)C1. The summed E-state index contributed by atoms with van der Waals surface area (Å²) in [5, 5.41) is 2.58. The molecule has 0 aliphatic carbocycles. The van der Waals surface area contributed by atoms with Crippen LogP contribution in [0.5, 0.6) is 0 Å². The van der Waals surface area contributed by atoms with Gasteiger partial charge in [-0.25, -0.2) is 9.97 Å². The van der Waals surface area contributed by atoms with Gasteiger partial charge in [0.2, 0.25) is 0 Å². The molecule has 0 amide bonds. The lowest BCUT2D eigenvalue weighted by Crippen LogP contribution is -3.08. The molecule has 0 radical (unpaired) electrons. The van der Waals surface area contributed by atoms with Gasteiger partial charge in [-0.3, -0.25) is 0 Å². The lowest BCUT2D eigenvalue weighted by Gasteiger charge is -2.19. The quantitative estimate of drug-likeness (QED) is 0.544. The Labute approximate surface area is 154 Å². The zero-order valence-electron chi connectivity index (χ0n) is 13.3. The van der Waals surface area contributed by atoms with E-state index >= 15 is 0 Å². The fraction of sp³-hybridized carbons (Fsp3) is 0.294. The molecule has 0 bridgehead atoms. The number of likely N-dealkylation sites (N-methyl/N-ethyl adjacent to an activating group) is 1. The molecule has 24 heavy (non-hydrogen) atoms. The van der Waals surface area contributed by atoms with Crippen molar-refractivity contribution in [3.63, 3.8) is 0 Å². The first-order chi connectivity index (χ1) is 11.6. The molecular weight excluding hydrogens is 360 g/mol. The Balaban J connectivity index is 1.62. The van der Waals surface area contributed by atoms with Crippen molar-refractivity contribution < 1.29 is 4.90 Å². The summed E-state index contributed by atoms with van der Waals surface area (Å²) < 4.78 is 0. The maximum absolute atomic E-state index is 6.27. The third-order valence-electron chi connectivity index (χ3n) is 4.29. The van der Waals surface area contributed by atoms with Crippen molar-refractivity contribution in [1.29, 1.82) is 0 Å². The third kappa shape index (κ3) is 3.11. The van der Waals surface area contributed by atoms with E-state index in [-0.39, 0.29) is 0 Å². The Bertz CT molecular complexity index is 892. The molecule has 1 aromatic carbocycles. The Kier molecular flexibility index (Phi) is 4.39. The van der Waals surface area contributed by atoms with Crippen LogP contribution in [0.2, 0.25) is 5.02 Å². The first-order valence-corrected chi connectivity index (χ1v) is 10.0. The van der Waals surface area contributed by atoms with Gasteiger partial charge >= 0.3 is 0 Å². The van der Waals surface area contributed by atoms with Crippen molar-refractivity contribution in [2.75, 3.05) is 19.3 Å². The highest BCUT2D eigenvalue weighted by molar-refractivity contribution is 7.98. The number of thiophene rings is 1. The van der Waals surface area contributed by atoms with E-state index in [0.717, 1.165) is 45.7 Å². The van der Waals surface area contributed by atoms with Gasteiger partial charge in [-0.15, -0.1) is 11.3 Å². The molecule has 0 saturated carbocycles. The summed E-state index contributed by atoms with van der Waals surface area (Å²) in [5.74, 6) is 1.43. The molecule has 7 heteroatoms. The maximum atomic E-state index is 6.27. The van der Waals surface area contributed by atoms with Crippen LogP contribution in [0.4, 0.5) is 5.82 Å². The zero-order valence-corrected chi connectivity index (χ0v) is 15.7. The minimum absolute atomic E-state index is 0.621. The molecule has 0 fully saturated rings. The second-order valence-electron chi connectivity index (χ2n) is 6.12. The number of hydrogen-bond donors (Lipinski definition) is 2. The molecule has 3 aromatic rings. The van der Waals surface area contributed by atoms with Gasteiger partial charge in [-0.2, -0.15) is 0 Å². The minimum atomic E-state index is 0.621. The van der Waals surface area contributed by atoms with Gasteiger partial charge in [0.05, 0.1) is 23.9 Å². The molecule has 1 unspecified atom stereocenters. The van der Waals surface area contributed by atoms with Gasteiger partial charge in [-0.1, -0.05) is 35.5 Å². The first kappa shape index (κ1) is 16.1. The first-order valence-electron chi connectivity index (χ1n) is 7.86. The van der Waals surface area contributed by atoms with E-state index in [1.807, 2.05) is 24.3 Å². The molecular formula is C17H18ClN4S2+. The average Bonchev–Trinajstić information content (AvgIpc) is 2.92. The number of nitrogens with zero attached hydrogens (tertiary/aromatic N) is 2. The molecule has 4 rings (SSSR count). The fourth-order valence-electron chi connectivity index (χ4n) is 3.01. The van der Waals surface area contributed by atoms with Gasteiger partial charge in [-0.05, 0) is 23.3 Å². The van der Waals surface area contributed by atoms with Crippen LogP contribution < -0.4 is 10.6 Å². The van der Waals surface area contributed by atoms with Crippen LogP contribution in [0.3, 0.4) is 0 Å². The number of fused-ring (bicyclic) bond motifs is 3. The topological polar surface area (TPSA) is 56.2 Å². The number of nitrogens with one attached hydrogen (secondary N) is 1. The highest BCUT2D eigenvalue weighted by Gasteiger charge is 2.24.